The van der Waals surface area contributed by atoms with E-state index < -0.39 is 11.6 Å². The third kappa shape index (κ3) is 6.40. The molecule has 0 radical (unpaired) electrons. The van der Waals surface area contributed by atoms with Crippen LogP contribution in [0.5, 0.6) is 5.75 Å². The molecule has 1 amide bonds. The first-order chi connectivity index (χ1) is 18.1. The van der Waals surface area contributed by atoms with Gasteiger partial charge in [0.1, 0.15) is 5.75 Å². The monoisotopic (exact) mass is 564 g/mol. The molecular weight excluding hydrogens is 532 g/mol. The molecular formula is C30H33BrN2O4. The standard InChI is InChI=1S/C30H33BrN2O4/c1-2-3-18-32-29(35)30(21-24-12-7-8-13-26(24)31)27(22-10-5-4-6-11-22)37-28(33-30)23-14-16-25(17-15-23)36-20-9-19-34/h4-8,10-17,27,34H,2-3,9,18-21H2,1H3,(H,32,35)/t27-,30-/m1/s1. The molecule has 0 bridgehead atoms. The van der Waals surface area contributed by atoms with Crippen molar-refractivity contribution >= 4 is 27.7 Å². The number of benzene rings is 3. The van der Waals surface area contributed by atoms with Crippen molar-refractivity contribution in [2.24, 2.45) is 4.99 Å². The third-order valence-electron chi connectivity index (χ3n) is 6.37. The first kappa shape index (κ1) is 26.9. The van der Waals surface area contributed by atoms with Gasteiger partial charge in [0, 0.05) is 36.0 Å². The molecule has 3 aromatic carbocycles. The van der Waals surface area contributed by atoms with Crippen LogP contribution in [-0.2, 0) is 16.0 Å². The number of halogens is 1. The van der Waals surface area contributed by atoms with Gasteiger partial charge >= 0.3 is 0 Å². The molecule has 37 heavy (non-hydrogen) atoms. The minimum atomic E-state index is -1.19. The fraction of sp³-hybridized carbons (Fsp3) is 0.333. The molecule has 0 saturated carbocycles. The van der Waals surface area contributed by atoms with Gasteiger partial charge in [0.05, 0.1) is 6.61 Å². The number of aliphatic imine (C=N–C) groups is 1. The number of aliphatic hydroxyl groups excluding tert-OH is 1. The number of aliphatic hydroxyl groups is 1. The van der Waals surface area contributed by atoms with Crippen LogP contribution in [0.2, 0.25) is 0 Å². The fourth-order valence-electron chi connectivity index (χ4n) is 4.37. The second-order valence-corrected chi connectivity index (χ2v) is 9.93. The van der Waals surface area contributed by atoms with Crippen molar-refractivity contribution in [3.05, 3.63) is 100 Å². The van der Waals surface area contributed by atoms with Crippen molar-refractivity contribution in [2.75, 3.05) is 19.8 Å². The maximum atomic E-state index is 14.0. The van der Waals surface area contributed by atoms with Crippen molar-refractivity contribution < 1.29 is 19.4 Å². The van der Waals surface area contributed by atoms with Crippen LogP contribution in [-0.4, -0.2) is 42.2 Å². The van der Waals surface area contributed by atoms with E-state index in [-0.39, 0.29) is 12.5 Å². The topological polar surface area (TPSA) is 80.2 Å². The number of hydrogen-bond acceptors (Lipinski definition) is 5. The van der Waals surface area contributed by atoms with Gasteiger partial charge in [-0.2, -0.15) is 0 Å². The highest BCUT2D eigenvalue weighted by atomic mass is 79.9. The normalized spacial score (nSPS) is 18.7. The Bertz CT molecular complexity index is 1200. The van der Waals surface area contributed by atoms with Crippen molar-refractivity contribution in [3.63, 3.8) is 0 Å². The summed E-state index contributed by atoms with van der Waals surface area (Å²) in [6, 6.07) is 25.2. The molecule has 0 aliphatic carbocycles. The summed E-state index contributed by atoms with van der Waals surface area (Å²) in [6.45, 7) is 3.21. The van der Waals surface area contributed by atoms with Crippen LogP contribution < -0.4 is 10.1 Å². The van der Waals surface area contributed by atoms with Crippen LogP contribution in [0.4, 0.5) is 0 Å². The minimum absolute atomic E-state index is 0.0868. The summed E-state index contributed by atoms with van der Waals surface area (Å²) in [5.41, 5.74) is 1.45. The van der Waals surface area contributed by atoms with Gasteiger partial charge in [0.15, 0.2) is 11.6 Å². The molecule has 1 aliphatic rings. The van der Waals surface area contributed by atoms with E-state index in [0.29, 0.717) is 37.6 Å². The molecule has 0 spiro atoms. The number of carbonyl (C=O) groups excluding carboxylic acids is 1. The first-order valence-corrected chi connectivity index (χ1v) is 13.5. The zero-order valence-electron chi connectivity index (χ0n) is 21.0. The number of ether oxygens (including phenoxy) is 2. The number of unbranched alkanes of at least 4 members (excludes halogenated alkanes) is 1. The summed E-state index contributed by atoms with van der Waals surface area (Å²) in [5.74, 6) is 0.977. The molecule has 0 unspecified atom stereocenters. The lowest BCUT2D eigenvalue weighted by Crippen LogP contribution is -2.50. The van der Waals surface area contributed by atoms with E-state index in [1.807, 2.05) is 78.9 Å². The number of nitrogens with zero attached hydrogens (tertiary/aromatic N) is 1. The predicted molar refractivity (Wildman–Crippen MR) is 149 cm³/mol. The molecule has 7 heteroatoms. The molecule has 1 heterocycles. The molecule has 2 N–H and O–H groups in total. The van der Waals surface area contributed by atoms with Crippen LogP contribution in [0.25, 0.3) is 0 Å². The van der Waals surface area contributed by atoms with Crippen LogP contribution in [0.3, 0.4) is 0 Å². The molecule has 194 valence electrons. The molecule has 1 aliphatic heterocycles. The maximum absolute atomic E-state index is 14.0. The molecule has 4 rings (SSSR count). The van der Waals surface area contributed by atoms with Crippen molar-refractivity contribution in [2.45, 2.75) is 44.2 Å². The summed E-state index contributed by atoms with van der Waals surface area (Å²) in [6.07, 6.45) is 2.22. The van der Waals surface area contributed by atoms with Crippen LogP contribution >= 0.6 is 15.9 Å². The van der Waals surface area contributed by atoms with E-state index in [0.717, 1.165) is 34.0 Å². The van der Waals surface area contributed by atoms with Crippen LogP contribution in [0.1, 0.15) is 49.0 Å². The molecule has 6 nitrogen and oxygen atoms in total. The minimum Gasteiger partial charge on any atom is -0.494 e. The first-order valence-electron chi connectivity index (χ1n) is 12.7. The van der Waals surface area contributed by atoms with Crippen LogP contribution in [0, 0.1) is 0 Å². The lowest BCUT2D eigenvalue weighted by Gasteiger charge is -2.31. The Kier molecular flexibility index (Phi) is 9.36. The van der Waals surface area contributed by atoms with E-state index in [9.17, 15) is 4.79 Å². The van der Waals surface area contributed by atoms with Gasteiger partial charge in [-0.15, -0.1) is 0 Å². The summed E-state index contributed by atoms with van der Waals surface area (Å²) in [5, 5.41) is 12.1. The van der Waals surface area contributed by atoms with Gasteiger partial charge in [0.25, 0.3) is 5.91 Å². The number of nitrogens with one attached hydrogen (secondary N) is 1. The summed E-state index contributed by atoms with van der Waals surface area (Å²) >= 11 is 3.66. The third-order valence-corrected chi connectivity index (χ3v) is 7.14. The highest BCUT2D eigenvalue weighted by Gasteiger charge is 2.53. The molecule has 0 aromatic heterocycles. The van der Waals surface area contributed by atoms with Gasteiger partial charge in [-0.25, -0.2) is 4.99 Å². The molecule has 2 atom stereocenters. The van der Waals surface area contributed by atoms with Crippen molar-refractivity contribution in [1.82, 2.24) is 5.32 Å². The van der Waals surface area contributed by atoms with Crippen LogP contribution in [0.15, 0.2) is 88.3 Å². The predicted octanol–water partition coefficient (Wildman–Crippen LogP) is 5.63. The van der Waals surface area contributed by atoms with E-state index in [1.54, 1.807) is 0 Å². The number of hydrogen-bond donors (Lipinski definition) is 2. The Morgan fingerprint density at radius 2 is 1.78 bits per heavy atom. The summed E-state index contributed by atoms with van der Waals surface area (Å²) in [7, 11) is 0. The molecule has 0 fully saturated rings. The zero-order chi connectivity index (χ0) is 26.1. The van der Waals surface area contributed by atoms with Gasteiger partial charge < -0.3 is 19.9 Å². The van der Waals surface area contributed by atoms with E-state index in [2.05, 4.69) is 28.2 Å². The number of carbonyl (C=O) groups is 1. The Morgan fingerprint density at radius 3 is 2.49 bits per heavy atom. The Labute approximate surface area is 226 Å². The van der Waals surface area contributed by atoms with E-state index >= 15 is 0 Å². The number of amides is 1. The average Bonchev–Trinajstić information content (AvgIpc) is 3.32. The molecule has 3 aromatic rings. The Morgan fingerprint density at radius 1 is 1.05 bits per heavy atom. The van der Waals surface area contributed by atoms with E-state index in [4.69, 9.17) is 19.6 Å². The quantitative estimate of drug-likeness (QED) is 0.279. The summed E-state index contributed by atoms with van der Waals surface area (Å²) < 4.78 is 13.1. The molecule has 0 saturated heterocycles. The van der Waals surface area contributed by atoms with Gasteiger partial charge in [-0.05, 0) is 47.9 Å². The second-order valence-electron chi connectivity index (χ2n) is 9.08. The van der Waals surface area contributed by atoms with Crippen molar-refractivity contribution in [1.29, 1.82) is 0 Å². The van der Waals surface area contributed by atoms with Gasteiger partial charge in [-0.1, -0.05) is 77.8 Å². The Hall–Kier alpha value is -3.16. The van der Waals surface area contributed by atoms with E-state index in [1.165, 1.54) is 0 Å². The van der Waals surface area contributed by atoms with Gasteiger partial charge in [0.2, 0.25) is 5.90 Å². The lowest BCUT2D eigenvalue weighted by molar-refractivity contribution is -0.128. The fourth-order valence-corrected chi connectivity index (χ4v) is 4.80. The largest absolute Gasteiger partial charge is 0.494 e. The summed E-state index contributed by atoms with van der Waals surface area (Å²) in [4.78, 5) is 19.0. The SMILES string of the molecule is CCCCNC(=O)[C@]1(Cc2ccccc2Br)N=C(c2ccc(OCCCO)cc2)O[C@@H]1c1ccccc1. The average molecular weight is 566 g/mol. The number of rotatable bonds is 12. The Balaban J connectivity index is 1.75. The maximum Gasteiger partial charge on any atom is 0.252 e. The lowest BCUT2D eigenvalue weighted by atomic mass is 9.82. The zero-order valence-corrected chi connectivity index (χ0v) is 22.6. The second kappa shape index (κ2) is 12.9. The highest BCUT2D eigenvalue weighted by molar-refractivity contribution is 9.10. The van der Waals surface area contributed by atoms with Crippen molar-refractivity contribution in [3.8, 4) is 5.75 Å². The smallest absolute Gasteiger partial charge is 0.252 e. The van der Waals surface area contributed by atoms with Gasteiger partial charge in [-0.3, -0.25) is 4.79 Å². The highest BCUT2D eigenvalue weighted by Crippen LogP contribution is 2.43.